The van der Waals surface area contributed by atoms with E-state index in [0.717, 1.165) is 23.9 Å². The fourth-order valence-electron chi connectivity index (χ4n) is 4.33. The molecule has 1 heteroatoms. The van der Waals surface area contributed by atoms with Gasteiger partial charge in [-0.3, -0.25) is 0 Å². The Kier molecular flexibility index (Phi) is 8.78. The van der Waals surface area contributed by atoms with E-state index in [0.29, 0.717) is 0 Å². The largest absolute Gasteiger partial charge is 0.214 e. The predicted molar refractivity (Wildman–Crippen MR) is 154 cm³/mol. The van der Waals surface area contributed by atoms with Crippen molar-refractivity contribution >= 4 is 24.8 Å². The van der Waals surface area contributed by atoms with Gasteiger partial charge < -0.3 is 0 Å². The Bertz CT molecular complexity index is 1490. The van der Waals surface area contributed by atoms with E-state index in [4.69, 9.17) is 0 Å². The molecule has 6 rings (SSSR count). The topological polar surface area (TPSA) is 0 Å². The Labute approximate surface area is 230 Å². The second kappa shape index (κ2) is 12.2. The Morgan fingerprint density at radius 2 is 1.19 bits per heavy atom. The number of hydrogen-bond acceptors (Lipinski definition) is 0. The van der Waals surface area contributed by atoms with E-state index >= 15 is 0 Å². The molecule has 0 heterocycles. The zero-order chi connectivity index (χ0) is 25.5. The van der Waals surface area contributed by atoms with Crippen molar-refractivity contribution in [1.82, 2.24) is 0 Å². The molecular weight excluding hydrogens is 599 g/mol. The van der Waals surface area contributed by atoms with Gasteiger partial charge in [-0.15, -0.1) is 39.7 Å². The minimum atomic E-state index is 1.08. The van der Waals surface area contributed by atoms with E-state index in [1.807, 2.05) is 30.3 Å². The summed E-state index contributed by atoms with van der Waals surface area (Å²) in [4.78, 5) is 0. The summed E-state index contributed by atoms with van der Waals surface area (Å²) in [6, 6.07) is 42.8. The maximum atomic E-state index is 2.27. The molecule has 0 fully saturated rings. The van der Waals surface area contributed by atoms with Crippen molar-refractivity contribution in [3.63, 3.8) is 0 Å². The Morgan fingerprint density at radius 1 is 0.611 bits per heavy atom. The minimum absolute atomic E-state index is 1.08. The van der Waals surface area contributed by atoms with Crippen LogP contribution in [0, 0.1) is 27.7 Å². The maximum absolute atomic E-state index is 2.27. The third kappa shape index (κ3) is 6.33. The smallest absolute Gasteiger partial charge is 0.172 e. The number of hydrogen-bond donors (Lipinski definition) is 0. The van der Waals surface area contributed by atoms with Crippen LogP contribution in [0.2, 0.25) is 0 Å². The molecule has 36 heavy (non-hydrogen) atoms. The molecule has 0 spiro atoms. The summed E-state index contributed by atoms with van der Waals surface area (Å²) >= 11 is 1.08. The van der Waals surface area contributed by atoms with Gasteiger partial charge in [0.25, 0.3) is 0 Å². The van der Waals surface area contributed by atoms with Crippen LogP contribution < -0.4 is 0 Å². The Morgan fingerprint density at radius 3 is 1.72 bits per heavy atom. The Balaban J connectivity index is 0.000000142. The van der Waals surface area contributed by atoms with Gasteiger partial charge in [-0.05, 0) is 13.8 Å². The van der Waals surface area contributed by atoms with Crippen molar-refractivity contribution in [3.8, 4) is 0 Å². The SMILES string of the molecule is Cc1ccc2[cH-]c3ccc(C)cc3c2c1.Cc1cccc([C](=[Hf+2])c2ccccc2)c1C.c1cc[cH-]c1. The molecule has 0 nitrogen and oxygen atoms in total. The summed E-state index contributed by atoms with van der Waals surface area (Å²) in [5.74, 6) is 0. The number of rotatable bonds is 2. The van der Waals surface area contributed by atoms with Gasteiger partial charge in [0.15, 0.2) is 0 Å². The van der Waals surface area contributed by atoms with E-state index in [-0.39, 0.29) is 0 Å². The fraction of sp³-hybridized carbons (Fsp3) is 0.114. The molecule has 0 saturated heterocycles. The summed E-state index contributed by atoms with van der Waals surface area (Å²) in [6.07, 6.45) is 0. The van der Waals surface area contributed by atoms with Crippen LogP contribution in [-0.4, -0.2) is 3.26 Å². The first-order chi connectivity index (χ1) is 17.4. The zero-order valence-electron chi connectivity index (χ0n) is 21.5. The number of aryl methyl sites for hydroxylation is 3. The van der Waals surface area contributed by atoms with Gasteiger partial charge >= 0.3 is 112 Å². The first-order valence-electron chi connectivity index (χ1n) is 12.4. The standard InChI is InChI=1S/C15H13.C15H14.C5H5.Hf/c1-10-3-5-12-9-13-6-4-11(2)8-15(13)14(12)7-10;1-12-7-6-10-15(13(12)2)11-14-8-4-3-5-9-14;1-2-4-5-3-1;/h3-9H,1-2H3;3-10H,1-2H3;1-5H;/q-1;;-1;+2. The van der Waals surface area contributed by atoms with Gasteiger partial charge in [-0.2, -0.15) is 18.2 Å². The molecule has 0 N–H and O–H groups in total. The van der Waals surface area contributed by atoms with E-state index in [1.54, 1.807) is 0 Å². The molecule has 176 valence electrons. The van der Waals surface area contributed by atoms with Crippen LogP contribution in [0.25, 0.3) is 21.5 Å². The summed E-state index contributed by atoms with van der Waals surface area (Å²) in [7, 11) is 0. The van der Waals surface area contributed by atoms with Gasteiger partial charge in [-0.25, -0.2) is 12.1 Å². The summed E-state index contributed by atoms with van der Waals surface area (Å²) < 4.78 is 1.49. The molecule has 0 aliphatic carbocycles. The average molecular weight is 631 g/mol. The van der Waals surface area contributed by atoms with Gasteiger partial charge in [0.05, 0.1) is 0 Å². The van der Waals surface area contributed by atoms with Gasteiger partial charge in [0.2, 0.25) is 0 Å². The molecule has 0 aromatic heterocycles. The van der Waals surface area contributed by atoms with Crippen molar-refractivity contribution in [2.45, 2.75) is 27.7 Å². The first-order valence-corrected chi connectivity index (χ1v) is 14.2. The zero-order valence-corrected chi connectivity index (χ0v) is 25.1. The molecule has 0 aliphatic rings. The van der Waals surface area contributed by atoms with Crippen LogP contribution >= 0.6 is 0 Å². The number of benzene rings is 4. The minimum Gasteiger partial charge on any atom is -0.214 e. The molecule has 6 aromatic rings. The average Bonchev–Trinajstić information content (AvgIpc) is 3.58. The van der Waals surface area contributed by atoms with Crippen molar-refractivity contribution in [3.05, 3.63) is 155 Å². The third-order valence-corrected chi connectivity index (χ3v) is 8.52. The summed E-state index contributed by atoms with van der Waals surface area (Å²) in [5, 5.41) is 5.46. The van der Waals surface area contributed by atoms with Crippen molar-refractivity contribution in [2.75, 3.05) is 0 Å². The van der Waals surface area contributed by atoms with Crippen LogP contribution in [0.4, 0.5) is 0 Å². The van der Waals surface area contributed by atoms with E-state index in [2.05, 4.69) is 119 Å². The van der Waals surface area contributed by atoms with E-state index < -0.39 is 0 Å². The molecule has 0 bridgehead atoms. The molecule has 6 aromatic carbocycles. The monoisotopic (exact) mass is 632 g/mol. The second-order valence-electron chi connectivity index (χ2n) is 9.28. The molecular formula is C35H32Hf. The predicted octanol–water partition coefficient (Wildman–Crippen LogP) is 9.15. The second-order valence-corrected chi connectivity index (χ2v) is 11.1. The van der Waals surface area contributed by atoms with Gasteiger partial charge in [0.1, 0.15) is 0 Å². The normalized spacial score (nSPS) is 10.4. The third-order valence-electron chi connectivity index (χ3n) is 6.51. The Hall–Kier alpha value is -3.16. The van der Waals surface area contributed by atoms with E-state index in [9.17, 15) is 0 Å². The molecule has 0 saturated carbocycles. The fourth-order valence-corrected chi connectivity index (χ4v) is 5.90. The summed E-state index contributed by atoms with van der Waals surface area (Å²) in [5.41, 5.74) is 8.23. The molecule has 0 atom stereocenters. The van der Waals surface area contributed by atoms with Crippen LogP contribution in [0.3, 0.4) is 0 Å². The summed E-state index contributed by atoms with van der Waals surface area (Å²) in [6.45, 7) is 8.69. The van der Waals surface area contributed by atoms with E-state index in [1.165, 1.54) is 58.2 Å². The number of fused-ring (bicyclic) bond motifs is 3. The van der Waals surface area contributed by atoms with Crippen molar-refractivity contribution in [2.24, 2.45) is 0 Å². The van der Waals surface area contributed by atoms with Crippen molar-refractivity contribution in [1.29, 1.82) is 0 Å². The molecule has 0 radical (unpaired) electrons. The van der Waals surface area contributed by atoms with Gasteiger partial charge in [-0.1, -0.05) is 35.4 Å². The maximum Gasteiger partial charge on any atom is -0.172 e. The molecule has 0 aliphatic heterocycles. The first kappa shape index (κ1) is 25.9. The van der Waals surface area contributed by atoms with Gasteiger partial charge in [0, 0.05) is 0 Å². The van der Waals surface area contributed by atoms with Crippen molar-refractivity contribution < 1.29 is 23.9 Å². The molecule has 0 unspecified atom stereocenters. The van der Waals surface area contributed by atoms with Crippen LogP contribution in [0.5, 0.6) is 0 Å². The van der Waals surface area contributed by atoms with Crippen LogP contribution in [-0.2, 0) is 23.9 Å². The van der Waals surface area contributed by atoms with Crippen LogP contribution in [0.15, 0.2) is 121 Å². The molecule has 0 amide bonds. The quantitative estimate of drug-likeness (QED) is 0.132. The van der Waals surface area contributed by atoms with Crippen LogP contribution in [0.1, 0.15) is 33.4 Å².